The van der Waals surface area contributed by atoms with E-state index in [9.17, 15) is 9.59 Å². The summed E-state index contributed by atoms with van der Waals surface area (Å²) in [6.45, 7) is 9.05. The Labute approximate surface area is 185 Å². The Kier molecular flexibility index (Phi) is 7.04. The summed E-state index contributed by atoms with van der Waals surface area (Å²) in [5.41, 5.74) is 3.83. The van der Waals surface area contributed by atoms with Gasteiger partial charge in [0.2, 0.25) is 0 Å². The topological polar surface area (TPSA) is 66.8 Å². The van der Waals surface area contributed by atoms with Crippen LogP contribution in [0.2, 0.25) is 0 Å². The number of hydrogen-bond acceptors (Lipinski definition) is 3. The molecule has 2 aromatic rings. The van der Waals surface area contributed by atoms with E-state index in [1.807, 2.05) is 26.0 Å². The molecule has 31 heavy (non-hydrogen) atoms. The Balaban J connectivity index is 1.74. The molecule has 0 aliphatic carbocycles. The van der Waals surface area contributed by atoms with Crippen molar-refractivity contribution in [2.45, 2.75) is 59.0 Å². The minimum absolute atomic E-state index is 0.0542. The first kappa shape index (κ1) is 22.9. The maximum atomic E-state index is 13.1. The van der Waals surface area contributed by atoms with Gasteiger partial charge in [0, 0.05) is 31.5 Å². The van der Waals surface area contributed by atoms with Crippen molar-refractivity contribution in [1.82, 2.24) is 4.90 Å². The van der Waals surface area contributed by atoms with Crippen LogP contribution in [-0.2, 0) is 24.1 Å². The monoisotopic (exact) mass is 423 g/mol. The van der Waals surface area contributed by atoms with Crippen molar-refractivity contribution in [3.8, 4) is 5.75 Å². The van der Waals surface area contributed by atoms with Gasteiger partial charge in [-0.1, -0.05) is 45.0 Å². The highest BCUT2D eigenvalue weighted by Crippen LogP contribution is 2.37. The van der Waals surface area contributed by atoms with E-state index in [1.54, 1.807) is 11.0 Å². The summed E-state index contributed by atoms with van der Waals surface area (Å²) in [6, 6.07) is 14.2. The van der Waals surface area contributed by atoms with Crippen LogP contribution in [0.1, 0.15) is 61.2 Å². The molecule has 0 saturated carbocycles. The van der Waals surface area contributed by atoms with E-state index in [4.69, 9.17) is 9.84 Å². The molecule has 1 heterocycles. The predicted octanol–water partition coefficient (Wildman–Crippen LogP) is 4.76. The van der Waals surface area contributed by atoms with Gasteiger partial charge in [-0.3, -0.25) is 9.59 Å². The molecule has 0 fully saturated rings. The highest BCUT2D eigenvalue weighted by Gasteiger charge is 2.35. The summed E-state index contributed by atoms with van der Waals surface area (Å²) in [4.78, 5) is 25.7. The number of carboxylic acid groups (broad SMARTS) is 1. The minimum Gasteiger partial charge on any atom is -0.487 e. The first-order valence-corrected chi connectivity index (χ1v) is 11.1. The molecular formula is C26H33NO4. The summed E-state index contributed by atoms with van der Waals surface area (Å²) in [5.74, 6) is 0.0659. The van der Waals surface area contributed by atoms with E-state index >= 15 is 0 Å². The molecule has 0 saturated heterocycles. The highest BCUT2D eigenvalue weighted by atomic mass is 16.5. The van der Waals surface area contributed by atoms with Crippen molar-refractivity contribution in [3.63, 3.8) is 0 Å². The number of ether oxygens (including phenoxy) is 1. The largest absolute Gasteiger partial charge is 0.487 e. The second-order valence-electron chi connectivity index (χ2n) is 9.19. The van der Waals surface area contributed by atoms with Crippen LogP contribution < -0.4 is 4.74 Å². The van der Waals surface area contributed by atoms with Gasteiger partial charge >= 0.3 is 5.97 Å². The smallest absolute Gasteiger partial charge is 0.305 e. The number of nitrogens with zero attached hydrogens (tertiary/aromatic N) is 1. The third-order valence-electron chi connectivity index (χ3n) is 5.71. The normalized spacial score (nSPS) is 17.3. The molecule has 5 heteroatoms. The van der Waals surface area contributed by atoms with Gasteiger partial charge in [0.05, 0.1) is 6.42 Å². The van der Waals surface area contributed by atoms with Gasteiger partial charge in [-0.05, 0) is 54.2 Å². The molecule has 0 unspecified atom stereocenters. The first-order chi connectivity index (χ1) is 14.7. The van der Waals surface area contributed by atoms with Gasteiger partial charge in [-0.15, -0.1) is 0 Å². The summed E-state index contributed by atoms with van der Waals surface area (Å²) in [5, 5.41) is 9.03. The number of benzene rings is 2. The Morgan fingerprint density at radius 1 is 1.13 bits per heavy atom. The zero-order valence-electron chi connectivity index (χ0n) is 19.0. The number of carbonyl (C=O) groups excluding carboxylic acids is 1. The lowest BCUT2D eigenvalue weighted by Gasteiger charge is -2.24. The fourth-order valence-electron chi connectivity index (χ4n) is 4.21. The maximum Gasteiger partial charge on any atom is 0.305 e. The predicted molar refractivity (Wildman–Crippen MR) is 122 cm³/mol. The first-order valence-electron chi connectivity index (χ1n) is 11.1. The van der Waals surface area contributed by atoms with E-state index in [2.05, 4.69) is 38.1 Å². The molecule has 0 aromatic heterocycles. The van der Waals surface area contributed by atoms with E-state index < -0.39 is 5.97 Å². The second kappa shape index (κ2) is 9.54. The number of carbonyl (C=O) groups is 2. The third-order valence-corrected chi connectivity index (χ3v) is 5.71. The minimum atomic E-state index is -0.897. The highest BCUT2D eigenvalue weighted by molar-refractivity contribution is 5.95. The van der Waals surface area contributed by atoms with Crippen LogP contribution in [0.3, 0.4) is 0 Å². The fraction of sp³-hybridized carbons (Fsp3) is 0.462. The zero-order valence-corrected chi connectivity index (χ0v) is 19.0. The number of amides is 1. The van der Waals surface area contributed by atoms with Crippen molar-refractivity contribution in [2.24, 2.45) is 5.92 Å². The molecule has 1 amide bonds. The molecule has 1 N–H and O–H groups in total. The summed E-state index contributed by atoms with van der Waals surface area (Å²) in [6.07, 6.45) is 2.50. The number of hydrogen-bond donors (Lipinski definition) is 1. The Hall–Kier alpha value is -2.82. The molecule has 0 bridgehead atoms. The number of carboxylic acids is 1. The fourth-order valence-corrected chi connectivity index (χ4v) is 4.21. The lowest BCUT2D eigenvalue weighted by Crippen LogP contribution is -2.36. The number of fused-ring (bicyclic) bond motifs is 1. The van der Waals surface area contributed by atoms with Gasteiger partial charge in [0.15, 0.2) is 0 Å². The van der Waals surface area contributed by atoms with Crippen molar-refractivity contribution in [3.05, 3.63) is 64.7 Å². The van der Waals surface area contributed by atoms with Crippen LogP contribution in [0.5, 0.6) is 5.75 Å². The molecule has 1 aliphatic heterocycles. The Morgan fingerprint density at radius 3 is 2.42 bits per heavy atom. The van der Waals surface area contributed by atoms with E-state index in [-0.39, 0.29) is 30.4 Å². The van der Waals surface area contributed by atoms with Gasteiger partial charge in [-0.25, -0.2) is 0 Å². The Morgan fingerprint density at radius 2 is 1.81 bits per heavy atom. The molecule has 2 aromatic carbocycles. The lowest BCUT2D eigenvalue weighted by molar-refractivity contribution is -0.137. The quantitative estimate of drug-likeness (QED) is 0.632. The molecule has 3 rings (SSSR count). The van der Waals surface area contributed by atoms with Crippen molar-refractivity contribution >= 4 is 11.9 Å². The molecule has 0 radical (unpaired) electrons. The van der Waals surface area contributed by atoms with Gasteiger partial charge < -0.3 is 14.7 Å². The lowest BCUT2D eigenvalue weighted by atomic mass is 9.91. The average molecular weight is 424 g/mol. The Bertz CT molecular complexity index is 935. The molecule has 1 aliphatic rings. The van der Waals surface area contributed by atoms with Gasteiger partial charge in [0.1, 0.15) is 11.4 Å². The molecular weight excluding hydrogens is 390 g/mol. The number of aryl methyl sites for hydroxylation is 1. The summed E-state index contributed by atoms with van der Waals surface area (Å²) >= 11 is 0. The van der Waals surface area contributed by atoms with E-state index in [1.165, 1.54) is 11.1 Å². The maximum absolute atomic E-state index is 13.1. The standard InChI is InChI=1S/C26H33NO4/c1-5-19-6-8-20(9-7-19)15-26(4)16-22-14-21(10-11-23(22)31-26)25(30)27(17-18(2)3)13-12-24(28)29/h6-11,14,18H,5,12-13,15-17H2,1-4H3,(H,28,29)/t26-/m0/s1. The van der Waals surface area contributed by atoms with Crippen molar-refractivity contribution < 1.29 is 19.4 Å². The van der Waals surface area contributed by atoms with Crippen LogP contribution in [0, 0.1) is 5.92 Å². The molecule has 5 nitrogen and oxygen atoms in total. The van der Waals surface area contributed by atoms with Crippen molar-refractivity contribution in [1.29, 1.82) is 0 Å². The van der Waals surface area contributed by atoms with Crippen LogP contribution in [0.25, 0.3) is 0 Å². The van der Waals surface area contributed by atoms with Crippen LogP contribution >= 0.6 is 0 Å². The van der Waals surface area contributed by atoms with Gasteiger partial charge in [-0.2, -0.15) is 0 Å². The second-order valence-corrected chi connectivity index (χ2v) is 9.19. The van der Waals surface area contributed by atoms with E-state index in [0.29, 0.717) is 12.1 Å². The summed E-state index contributed by atoms with van der Waals surface area (Å²) < 4.78 is 6.29. The zero-order chi connectivity index (χ0) is 22.6. The van der Waals surface area contributed by atoms with Crippen LogP contribution in [0.15, 0.2) is 42.5 Å². The number of rotatable bonds is 9. The molecule has 166 valence electrons. The molecule has 1 atom stereocenters. The van der Waals surface area contributed by atoms with E-state index in [0.717, 1.165) is 30.6 Å². The van der Waals surface area contributed by atoms with Crippen LogP contribution in [-0.4, -0.2) is 40.6 Å². The average Bonchev–Trinajstić information content (AvgIpc) is 3.05. The SMILES string of the molecule is CCc1ccc(C[C@@]2(C)Cc3cc(C(=O)N(CCC(=O)O)CC(C)C)ccc3O2)cc1. The van der Waals surface area contributed by atoms with Crippen molar-refractivity contribution in [2.75, 3.05) is 13.1 Å². The summed E-state index contributed by atoms with van der Waals surface area (Å²) in [7, 11) is 0. The molecule has 0 spiro atoms. The van der Waals surface area contributed by atoms with Gasteiger partial charge in [0.25, 0.3) is 5.91 Å². The number of aliphatic carboxylic acids is 1. The van der Waals surface area contributed by atoms with Crippen LogP contribution in [0.4, 0.5) is 0 Å². The third kappa shape index (κ3) is 5.87.